The summed E-state index contributed by atoms with van der Waals surface area (Å²) in [4.78, 5) is 0. The Morgan fingerprint density at radius 2 is 2.29 bits per heavy atom. The molecule has 0 aromatic carbocycles. The van der Waals surface area contributed by atoms with Gasteiger partial charge in [-0.3, -0.25) is 0 Å². The maximum atomic E-state index is 3.50. The third-order valence-electron chi connectivity index (χ3n) is 0.573. The summed E-state index contributed by atoms with van der Waals surface area (Å²) < 4.78 is 0. The molecule has 0 aromatic heterocycles. The predicted octanol–water partition coefficient (Wildman–Crippen LogP) is 1.34. The SMILES string of the molecule is C.C=CC=[C+][BH2-]C. The lowest BCUT2D eigenvalue weighted by Gasteiger charge is -1.62. The smallest absolute Gasteiger partial charge is 0.147 e. The number of hydrogen-bond acceptors (Lipinski definition) is 0. The Morgan fingerprint density at radius 3 is 2.43 bits per heavy atom. The molecule has 0 spiro atoms. The zero-order chi connectivity index (χ0) is 4.83. The molecule has 0 atom stereocenters. The summed E-state index contributed by atoms with van der Waals surface area (Å²) in [6.45, 7) is 5.67. The lowest BCUT2D eigenvalue weighted by molar-refractivity contribution is 2.02. The second-order valence-electron chi connectivity index (χ2n) is 1.19. The molecule has 0 N–H and O–H groups in total. The number of allylic oxidation sites excluding steroid dienone is 2. The van der Waals surface area contributed by atoms with E-state index in [1.54, 1.807) is 6.08 Å². The van der Waals surface area contributed by atoms with Gasteiger partial charge < -0.3 is 0 Å². The van der Waals surface area contributed by atoms with E-state index in [0.717, 1.165) is 0 Å². The average molecular weight is 96.0 g/mol. The fourth-order valence-corrected chi connectivity index (χ4v) is 0.285. The van der Waals surface area contributed by atoms with E-state index in [0.29, 0.717) is 0 Å². The first-order valence-corrected chi connectivity index (χ1v) is 2.53. The summed E-state index contributed by atoms with van der Waals surface area (Å²) >= 11 is 0. The summed E-state index contributed by atoms with van der Waals surface area (Å²) in [5.41, 5.74) is 0. The first-order chi connectivity index (χ1) is 2.91. The van der Waals surface area contributed by atoms with Gasteiger partial charge in [0.05, 0.1) is 6.08 Å². The lowest BCUT2D eigenvalue weighted by atomic mass is 9.83. The van der Waals surface area contributed by atoms with Gasteiger partial charge in [0.2, 0.25) is 0 Å². The first-order valence-electron chi connectivity index (χ1n) is 2.53. The van der Waals surface area contributed by atoms with E-state index in [9.17, 15) is 0 Å². The highest BCUT2D eigenvalue weighted by molar-refractivity contribution is 6.37. The van der Waals surface area contributed by atoms with Crippen molar-refractivity contribution in [2.45, 2.75) is 14.2 Å². The number of rotatable bonds is 2. The molecule has 0 bridgehead atoms. The molecule has 0 saturated carbocycles. The molecule has 1 heteroatoms. The van der Waals surface area contributed by atoms with Crippen molar-refractivity contribution in [2.75, 3.05) is 0 Å². The molecule has 0 aromatic rings. The van der Waals surface area contributed by atoms with E-state index in [1.807, 2.05) is 6.08 Å². The predicted molar refractivity (Wildman–Crippen MR) is 39.1 cm³/mol. The van der Waals surface area contributed by atoms with Gasteiger partial charge in [-0.2, -0.15) is 12.8 Å². The molecule has 0 aliphatic heterocycles. The third-order valence-corrected chi connectivity index (χ3v) is 0.573. The molecule has 0 amide bonds. The zero-order valence-electron chi connectivity index (χ0n) is 4.36. The monoisotopic (exact) mass is 96.1 g/mol. The van der Waals surface area contributed by atoms with Crippen LogP contribution >= 0.6 is 0 Å². The Kier molecular flexibility index (Phi) is 12.5. The maximum absolute atomic E-state index is 3.50. The van der Waals surface area contributed by atoms with Crippen molar-refractivity contribution < 1.29 is 0 Å². The Hall–Kier alpha value is -0.545. The average Bonchev–Trinajstić information content (AvgIpc) is 1.61. The van der Waals surface area contributed by atoms with Crippen molar-refractivity contribution in [2.24, 2.45) is 0 Å². The minimum absolute atomic E-state index is 0. The second kappa shape index (κ2) is 9.07. The Labute approximate surface area is 47.2 Å². The highest BCUT2D eigenvalue weighted by Gasteiger charge is 1.62. The third kappa shape index (κ3) is 10.8. The fraction of sp³-hybridized carbons (Fsp3) is 0.333. The van der Waals surface area contributed by atoms with Crippen molar-refractivity contribution in [3.8, 4) is 0 Å². The van der Waals surface area contributed by atoms with Gasteiger partial charge >= 0.3 is 0 Å². The molecular formula is C6H13B. The molecule has 0 unspecified atom stereocenters. The van der Waals surface area contributed by atoms with E-state index < -0.39 is 0 Å². The molecule has 0 aliphatic rings. The molecule has 0 nitrogen and oxygen atoms in total. The zero-order valence-corrected chi connectivity index (χ0v) is 4.36. The van der Waals surface area contributed by atoms with Crippen LogP contribution < -0.4 is 0 Å². The van der Waals surface area contributed by atoms with E-state index in [1.165, 1.54) is 0 Å². The molecule has 7 heavy (non-hydrogen) atoms. The van der Waals surface area contributed by atoms with Crippen LogP contribution in [0.1, 0.15) is 7.43 Å². The van der Waals surface area contributed by atoms with Crippen LogP contribution in [-0.2, 0) is 0 Å². The summed E-state index contributed by atoms with van der Waals surface area (Å²) in [7, 11) is 0.121. The summed E-state index contributed by atoms with van der Waals surface area (Å²) in [5.74, 6) is 3.08. The Bertz CT molecular complexity index is 55.2. The normalized spacial score (nSPS) is 7.00. The highest BCUT2D eigenvalue weighted by atomic mass is 13.5. The van der Waals surface area contributed by atoms with Crippen LogP contribution in [0.15, 0.2) is 18.7 Å². The first kappa shape index (κ1) is 9.68. The van der Waals surface area contributed by atoms with Gasteiger partial charge in [-0.15, -0.1) is 0 Å². The lowest BCUT2D eigenvalue weighted by Crippen LogP contribution is -1.67. The molecule has 0 radical (unpaired) electrons. The molecule has 0 fully saturated rings. The molecule has 0 aliphatic carbocycles. The van der Waals surface area contributed by atoms with Crippen molar-refractivity contribution in [3.05, 3.63) is 24.7 Å². The van der Waals surface area contributed by atoms with Crippen LogP contribution in [-0.4, -0.2) is 7.28 Å². The van der Waals surface area contributed by atoms with E-state index in [-0.39, 0.29) is 14.7 Å². The van der Waals surface area contributed by atoms with Gasteiger partial charge in [0.25, 0.3) is 0 Å². The molecule has 40 valence electrons. The minimum Gasteiger partial charge on any atom is -0.180 e. The fourth-order valence-electron chi connectivity index (χ4n) is 0.285. The minimum atomic E-state index is 0. The van der Waals surface area contributed by atoms with Gasteiger partial charge in [-0.05, 0) is 6.58 Å². The summed E-state index contributed by atoms with van der Waals surface area (Å²) in [5, 5.41) is 0. The largest absolute Gasteiger partial charge is 0.180 e. The topological polar surface area (TPSA) is 0 Å². The Morgan fingerprint density at radius 1 is 1.71 bits per heavy atom. The Balaban J connectivity index is 0. The molecule has 0 rings (SSSR count). The van der Waals surface area contributed by atoms with Crippen molar-refractivity contribution in [3.63, 3.8) is 0 Å². The van der Waals surface area contributed by atoms with Gasteiger partial charge in [0.1, 0.15) is 13.4 Å². The van der Waals surface area contributed by atoms with E-state index in [4.69, 9.17) is 0 Å². The van der Waals surface area contributed by atoms with Crippen LogP contribution in [0.5, 0.6) is 0 Å². The van der Waals surface area contributed by atoms with Crippen LogP contribution in [0.4, 0.5) is 0 Å². The second-order valence-corrected chi connectivity index (χ2v) is 1.19. The van der Waals surface area contributed by atoms with Crippen molar-refractivity contribution in [1.29, 1.82) is 0 Å². The molecular weight excluding hydrogens is 82.9 g/mol. The highest BCUT2D eigenvalue weighted by Crippen LogP contribution is 1.65. The summed E-state index contributed by atoms with van der Waals surface area (Å²) in [6.07, 6.45) is 3.63. The molecule has 0 heterocycles. The van der Waals surface area contributed by atoms with Crippen LogP contribution in [0.2, 0.25) is 6.82 Å². The number of hydrogen-bond donors (Lipinski definition) is 0. The van der Waals surface area contributed by atoms with Gasteiger partial charge in [0.15, 0.2) is 0 Å². The maximum Gasteiger partial charge on any atom is 0.147 e. The van der Waals surface area contributed by atoms with Crippen LogP contribution in [0.3, 0.4) is 0 Å². The van der Waals surface area contributed by atoms with Gasteiger partial charge in [-0.25, -0.2) is 0 Å². The van der Waals surface area contributed by atoms with E-state index >= 15 is 0 Å². The van der Waals surface area contributed by atoms with Gasteiger partial charge in [-0.1, -0.05) is 7.43 Å². The van der Waals surface area contributed by atoms with Crippen LogP contribution in [0, 0.1) is 5.98 Å². The van der Waals surface area contributed by atoms with Crippen molar-refractivity contribution in [1.82, 2.24) is 0 Å². The summed E-state index contributed by atoms with van der Waals surface area (Å²) in [6, 6.07) is 0. The van der Waals surface area contributed by atoms with Gasteiger partial charge in [0, 0.05) is 0 Å². The van der Waals surface area contributed by atoms with E-state index in [2.05, 4.69) is 19.4 Å². The standard InChI is InChI=1S/C5H9B.CH4/c1-3-4-5-6-2;/h3-4H,1,6H2,2H3;1H4. The van der Waals surface area contributed by atoms with Crippen LogP contribution in [0.25, 0.3) is 0 Å². The quantitative estimate of drug-likeness (QED) is 0.276. The molecule has 0 saturated heterocycles. The van der Waals surface area contributed by atoms with Crippen molar-refractivity contribution >= 4 is 7.28 Å².